The number of rotatable bonds is 3. The normalized spacial score (nSPS) is 11.8. The molecule has 0 heterocycles. The first-order chi connectivity index (χ1) is 7.51. The summed E-state index contributed by atoms with van der Waals surface area (Å²) in [5.74, 6) is 1.02. The lowest BCUT2D eigenvalue weighted by atomic mass is 9.96. The van der Waals surface area contributed by atoms with Gasteiger partial charge in [-0.15, -0.1) is 12.6 Å². The SMILES string of the molecule is CCc1c(C)cc(/C=C(/C)S)c(C)c1OC. The molecule has 1 aromatic rings. The van der Waals surface area contributed by atoms with Crippen molar-refractivity contribution in [2.45, 2.75) is 34.1 Å². The van der Waals surface area contributed by atoms with Gasteiger partial charge in [-0.05, 0) is 60.4 Å². The Morgan fingerprint density at radius 2 is 2.06 bits per heavy atom. The lowest BCUT2D eigenvalue weighted by Gasteiger charge is -2.15. The minimum atomic E-state index is 1.000. The fourth-order valence-corrected chi connectivity index (χ4v) is 2.19. The topological polar surface area (TPSA) is 9.23 Å². The van der Waals surface area contributed by atoms with Crippen molar-refractivity contribution in [3.05, 3.63) is 33.2 Å². The smallest absolute Gasteiger partial charge is 0.125 e. The van der Waals surface area contributed by atoms with Gasteiger partial charge in [0.2, 0.25) is 0 Å². The van der Waals surface area contributed by atoms with Gasteiger partial charge in [-0.3, -0.25) is 0 Å². The molecule has 1 nitrogen and oxygen atoms in total. The molecule has 1 rings (SSSR count). The lowest BCUT2D eigenvalue weighted by Crippen LogP contribution is -1.99. The van der Waals surface area contributed by atoms with Crippen molar-refractivity contribution in [3.63, 3.8) is 0 Å². The lowest BCUT2D eigenvalue weighted by molar-refractivity contribution is 0.406. The second kappa shape index (κ2) is 5.44. The quantitative estimate of drug-likeness (QED) is 0.775. The highest BCUT2D eigenvalue weighted by Crippen LogP contribution is 2.31. The zero-order valence-electron chi connectivity index (χ0n) is 10.7. The number of methoxy groups -OCH3 is 1. The van der Waals surface area contributed by atoms with Crippen LogP contribution in [0.3, 0.4) is 0 Å². The van der Waals surface area contributed by atoms with Crippen molar-refractivity contribution in [1.82, 2.24) is 0 Å². The van der Waals surface area contributed by atoms with E-state index in [4.69, 9.17) is 4.74 Å². The molecule has 0 fully saturated rings. The molecule has 0 saturated heterocycles. The molecular weight excluding hydrogens is 216 g/mol. The average Bonchev–Trinajstić information content (AvgIpc) is 2.21. The fraction of sp³-hybridized carbons (Fsp3) is 0.429. The van der Waals surface area contributed by atoms with E-state index >= 15 is 0 Å². The summed E-state index contributed by atoms with van der Waals surface area (Å²) < 4.78 is 5.52. The second-order valence-electron chi connectivity index (χ2n) is 4.06. The molecule has 88 valence electrons. The molecule has 0 spiro atoms. The van der Waals surface area contributed by atoms with E-state index in [2.05, 4.69) is 45.5 Å². The molecule has 0 amide bonds. The first kappa shape index (κ1) is 13.2. The van der Waals surface area contributed by atoms with E-state index < -0.39 is 0 Å². The molecule has 0 aliphatic heterocycles. The largest absolute Gasteiger partial charge is 0.496 e. The minimum Gasteiger partial charge on any atom is -0.496 e. The molecule has 0 bridgehead atoms. The molecule has 16 heavy (non-hydrogen) atoms. The number of benzene rings is 1. The number of ether oxygens (including phenoxy) is 1. The van der Waals surface area contributed by atoms with Crippen molar-refractivity contribution < 1.29 is 4.74 Å². The second-order valence-corrected chi connectivity index (χ2v) is 4.76. The van der Waals surface area contributed by atoms with Crippen LogP contribution in [0.25, 0.3) is 6.08 Å². The molecule has 0 aliphatic carbocycles. The van der Waals surface area contributed by atoms with Gasteiger partial charge in [-0.25, -0.2) is 0 Å². The number of hydrogen-bond acceptors (Lipinski definition) is 2. The summed E-state index contributed by atoms with van der Waals surface area (Å²) in [7, 11) is 1.74. The maximum absolute atomic E-state index is 5.52. The summed E-state index contributed by atoms with van der Waals surface area (Å²) in [5.41, 5.74) is 4.97. The summed E-state index contributed by atoms with van der Waals surface area (Å²) in [5, 5.41) is 0. The maximum Gasteiger partial charge on any atom is 0.125 e. The van der Waals surface area contributed by atoms with Crippen LogP contribution in [-0.2, 0) is 6.42 Å². The fourth-order valence-electron chi connectivity index (χ4n) is 2.06. The van der Waals surface area contributed by atoms with Crippen LogP contribution in [-0.4, -0.2) is 7.11 Å². The number of thiol groups is 1. The highest BCUT2D eigenvalue weighted by atomic mass is 32.1. The Balaban J connectivity index is 3.46. The van der Waals surface area contributed by atoms with E-state index in [1.165, 1.54) is 22.3 Å². The van der Waals surface area contributed by atoms with Gasteiger partial charge in [-0.1, -0.05) is 13.0 Å². The summed E-state index contributed by atoms with van der Waals surface area (Å²) >= 11 is 4.32. The third-order valence-electron chi connectivity index (χ3n) is 2.82. The van der Waals surface area contributed by atoms with Crippen LogP contribution >= 0.6 is 12.6 Å². The Labute approximate surface area is 104 Å². The Bertz CT molecular complexity index is 415. The van der Waals surface area contributed by atoms with Crippen molar-refractivity contribution in [1.29, 1.82) is 0 Å². The van der Waals surface area contributed by atoms with Gasteiger partial charge in [-0.2, -0.15) is 0 Å². The first-order valence-corrected chi connectivity index (χ1v) is 6.00. The van der Waals surface area contributed by atoms with Crippen molar-refractivity contribution in [2.75, 3.05) is 7.11 Å². The number of hydrogen-bond donors (Lipinski definition) is 1. The van der Waals surface area contributed by atoms with Gasteiger partial charge in [0, 0.05) is 0 Å². The zero-order chi connectivity index (χ0) is 12.3. The maximum atomic E-state index is 5.52. The third kappa shape index (κ3) is 2.62. The van der Waals surface area contributed by atoms with E-state index in [1.807, 2.05) is 6.92 Å². The predicted molar refractivity (Wildman–Crippen MR) is 74.5 cm³/mol. The number of aryl methyl sites for hydroxylation is 1. The van der Waals surface area contributed by atoms with Crippen LogP contribution in [0, 0.1) is 13.8 Å². The van der Waals surface area contributed by atoms with Crippen molar-refractivity contribution >= 4 is 18.7 Å². The van der Waals surface area contributed by atoms with Crippen LogP contribution in [0.4, 0.5) is 0 Å². The van der Waals surface area contributed by atoms with Gasteiger partial charge in [0.25, 0.3) is 0 Å². The molecule has 0 radical (unpaired) electrons. The monoisotopic (exact) mass is 236 g/mol. The van der Waals surface area contributed by atoms with Gasteiger partial charge >= 0.3 is 0 Å². The number of allylic oxidation sites excluding steroid dienone is 1. The van der Waals surface area contributed by atoms with E-state index in [9.17, 15) is 0 Å². The summed E-state index contributed by atoms with van der Waals surface area (Å²) in [6, 6.07) is 2.20. The van der Waals surface area contributed by atoms with Crippen LogP contribution in [0.15, 0.2) is 11.0 Å². The van der Waals surface area contributed by atoms with Gasteiger partial charge in [0.15, 0.2) is 0 Å². The zero-order valence-corrected chi connectivity index (χ0v) is 11.6. The van der Waals surface area contributed by atoms with Crippen LogP contribution < -0.4 is 4.74 Å². The van der Waals surface area contributed by atoms with Gasteiger partial charge in [0.05, 0.1) is 7.11 Å². The molecule has 0 aromatic heterocycles. The Morgan fingerprint density at radius 3 is 2.50 bits per heavy atom. The van der Waals surface area contributed by atoms with Crippen LogP contribution in [0.1, 0.15) is 36.1 Å². The standard InChI is InChI=1S/C14H20OS/c1-6-13-9(2)7-12(8-10(3)16)11(4)14(13)15-5/h7-8,16H,6H2,1-5H3/b10-8-. The highest BCUT2D eigenvalue weighted by Gasteiger charge is 2.11. The summed E-state index contributed by atoms with van der Waals surface area (Å²) in [6.45, 7) is 8.37. The van der Waals surface area contributed by atoms with E-state index in [1.54, 1.807) is 7.11 Å². The molecule has 0 unspecified atom stereocenters. The molecule has 0 saturated carbocycles. The Morgan fingerprint density at radius 1 is 1.44 bits per heavy atom. The van der Waals surface area contributed by atoms with Crippen LogP contribution in [0.2, 0.25) is 0 Å². The van der Waals surface area contributed by atoms with Gasteiger partial charge < -0.3 is 4.74 Å². The van der Waals surface area contributed by atoms with Crippen molar-refractivity contribution in [3.8, 4) is 5.75 Å². The molecule has 0 aliphatic rings. The van der Waals surface area contributed by atoms with Crippen LogP contribution in [0.5, 0.6) is 5.75 Å². The molecule has 2 heteroatoms. The van der Waals surface area contributed by atoms with Gasteiger partial charge in [0.1, 0.15) is 5.75 Å². The summed E-state index contributed by atoms with van der Waals surface area (Å²) in [6.07, 6.45) is 3.08. The summed E-state index contributed by atoms with van der Waals surface area (Å²) in [4.78, 5) is 1.01. The predicted octanol–water partition coefficient (Wildman–Crippen LogP) is 4.17. The Hall–Kier alpha value is -0.890. The Kier molecular flexibility index (Phi) is 4.48. The average molecular weight is 236 g/mol. The third-order valence-corrected chi connectivity index (χ3v) is 2.95. The highest BCUT2D eigenvalue weighted by molar-refractivity contribution is 7.84. The minimum absolute atomic E-state index is 1.000. The molecule has 0 N–H and O–H groups in total. The van der Waals surface area contributed by atoms with E-state index in [0.29, 0.717) is 0 Å². The van der Waals surface area contributed by atoms with E-state index in [0.717, 1.165) is 17.1 Å². The molecule has 0 atom stereocenters. The molecule has 1 aromatic carbocycles. The van der Waals surface area contributed by atoms with E-state index in [-0.39, 0.29) is 0 Å². The molecular formula is C14H20OS. The van der Waals surface area contributed by atoms with Crippen molar-refractivity contribution in [2.24, 2.45) is 0 Å². The first-order valence-electron chi connectivity index (χ1n) is 5.55.